The molecule has 3 rings (SSSR count). The monoisotopic (exact) mass is 296 g/mol. The lowest BCUT2D eigenvalue weighted by molar-refractivity contribution is -0.114. The third-order valence-electron chi connectivity index (χ3n) is 4.00. The molecule has 1 aliphatic rings. The van der Waals surface area contributed by atoms with Crippen LogP contribution in [-0.4, -0.2) is 25.0 Å². The van der Waals surface area contributed by atoms with Crippen LogP contribution in [-0.2, 0) is 4.79 Å². The predicted octanol–water partition coefficient (Wildman–Crippen LogP) is 3.55. The molecular weight excluding hydrogens is 276 g/mol. The predicted molar refractivity (Wildman–Crippen MR) is 89.0 cm³/mol. The van der Waals surface area contributed by atoms with Gasteiger partial charge in [-0.15, -0.1) is 0 Å². The molecule has 2 heterocycles. The zero-order valence-electron chi connectivity index (χ0n) is 12.9. The molecule has 2 aromatic rings. The Morgan fingerprint density at radius 1 is 1.27 bits per heavy atom. The third kappa shape index (κ3) is 2.64. The van der Waals surface area contributed by atoms with Crippen LogP contribution >= 0.6 is 0 Å². The number of nitrogens with zero attached hydrogens (tertiary/aromatic N) is 2. The van der Waals surface area contributed by atoms with Crippen molar-refractivity contribution in [1.29, 1.82) is 0 Å². The molecule has 1 amide bonds. The van der Waals surface area contributed by atoms with Crippen molar-refractivity contribution < 1.29 is 9.21 Å². The molecule has 1 aromatic carbocycles. The Labute approximate surface area is 130 Å². The van der Waals surface area contributed by atoms with Crippen LogP contribution in [0.5, 0.6) is 0 Å². The van der Waals surface area contributed by atoms with Crippen LogP contribution in [0.4, 0.5) is 11.4 Å². The standard InChI is InChI=1S/C18H20N2O2/c1-3-19-14(2)13-20(17-9-5-4-8-16(17)19)18(21)11-10-15-7-6-12-22-15/h4-12,14H,3,13H2,1-2H3/b11-10+. The van der Waals surface area contributed by atoms with E-state index in [9.17, 15) is 4.79 Å². The quantitative estimate of drug-likeness (QED) is 0.813. The molecule has 4 heteroatoms. The van der Waals surface area contributed by atoms with E-state index in [1.54, 1.807) is 18.4 Å². The smallest absolute Gasteiger partial charge is 0.251 e. The number of anilines is 2. The summed E-state index contributed by atoms with van der Waals surface area (Å²) < 4.78 is 5.23. The van der Waals surface area contributed by atoms with Crippen LogP contribution in [0.25, 0.3) is 6.08 Å². The SMILES string of the molecule is CCN1c2ccccc2N(C(=O)/C=C/c2ccco2)CC1C. The zero-order valence-corrected chi connectivity index (χ0v) is 12.9. The summed E-state index contributed by atoms with van der Waals surface area (Å²) in [6.07, 6.45) is 4.88. The molecule has 4 nitrogen and oxygen atoms in total. The fourth-order valence-electron chi connectivity index (χ4n) is 2.95. The van der Waals surface area contributed by atoms with E-state index in [-0.39, 0.29) is 5.91 Å². The van der Waals surface area contributed by atoms with Gasteiger partial charge >= 0.3 is 0 Å². The van der Waals surface area contributed by atoms with Gasteiger partial charge in [-0.1, -0.05) is 12.1 Å². The lowest BCUT2D eigenvalue weighted by atomic mass is 10.1. The molecule has 0 spiro atoms. The number of rotatable bonds is 3. The third-order valence-corrected chi connectivity index (χ3v) is 4.00. The average molecular weight is 296 g/mol. The number of amides is 1. The Morgan fingerprint density at radius 3 is 2.73 bits per heavy atom. The number of carbonyl (C=O) groups is 1. The summed E-state index contributed by atoms with van der Waals surface area (Å²) in [4.78, 5) is 16.7. The first-order chi connectivity index (χ1) is 10.7. The molecule has 0 aliphatic carbocycles. The second-order valence-corrected chi connectivity index (χ2v) is 5.42. The maximum absolute atomic E-state index is 12.6. The van der Waals surface area contributed by atoms with Crippen LogP contribution in [0.1, 0.15) is 19.6 Å². The van der Waals surface area contributed by atoms with Crippen LogP contribution in [0.3, 0.4) is 0 Å². The number of likely N-dealkylation sites (N-methyl/N-ethyl adjacent to an activating group) is 1. The van der Waals surface area contributed by atoms with Gasteiger partial charge in [0.05, 0.1) is 17.6 Å². The first kappa shape index (κ1) is 14.4. The lowest BCUT2D eigenvalue weighted by Gasteiger charge is -2.41. The van der Waals surface area contributed by atoms with Gasteiger partial charge < -0.3 is 14.2 Å². The van der Waals surface area contributed by atoms with Crippen molar-refractivity contribution in [2.75, 3.05) is 22.9 Å². The van der Waals surface area contributed by atoms with E-state index in [2.05, 4.69) is 24.8 Å². The maximum atomic E-state index is 12.6. The molecular formula is C18H20N2O2. The zero-order chi connectivity index (χ0) is 15.5. The van der Waals surface area contributed by atoms with Gasteiger partial charge in [-0.05, 0) is 44.2 Å². The molecule has 0 N–H and O–H groups in total. The largest absolute Gasteiger partial charge is 0.465 e. The first-order valence-corrected chi connectivity index (χ1v) is 7.59. The lowest BCUT2D eigenvalue weighted by Crippen LogP contribution is -2.49. The van der Waals surface area contributed by atoms with Crippen molar-refractivity contribution in [3.63, 3.8) is 0 Å². The second kappa shape index (κ2) is 6.10. The number of hydrogen-bond acceptors (Lipinski definition) is 3. The fourth-order valence-corrected chi connectivity index (χ4v) is 2.95. The van der Waals surface area contributed by atoms with Crippen molar-refractivity contribution in [1.82, 2.24) is 0 Å². The Bertz CT molecular complexity index is 676. The minimum absolute atomic E-state index is 0.0218. The molecule has 0 saturated heterocycles. The summed E-state index contributed by atoms with van der Waals surface area (Å²) in [6, 6.07) is 12.0. The van der Waals surface area contributed by atoms with Gasteiger partial charge in [-0.25, -0.2) is 0 Å². The summed E-state index contributed by atoms with van der Waals surface area (Å²) in [6.45, 7) is 5.91. The minimum Gasteiger partial charge on any atom is -0.465 e. The van der Waals surface area contributed by atoms with Crippen molar-refractivity contribution in [2.24, 2.45) is 0 Å². The van der Waals surface area contributed by atoms with Gasteiger partial charge in [0.2, 0.25) is 0 Å². The maximum Gasteiger partial charge on any atom is 0.251 e. The molecule has 1 unspecified atom stereocenters. The Morgan fingerprint density at radius 2 is 2.05 bits per heavy atom. The highest BCUT2D eigenvalue weighted by atomic mass is 16.3. The molecule has 114 valence electrons. The van der Waals surface area contributed by atoms with E-state index in [1.807, 2.05) is 35.2 Å². The van der Waals surface area contributed by atoms with E-state index < -0.39 is 0 Å². The summed E-state index contributed by atoms with van der Waals surface area (Å²) in [5, 5.41) is 0. The molecule has 0 bridgehead atoms. The molecule has 0 radical (unpaired) electrons. The van der Waals surface area contributed by atoms with Crippen molar-refractivity contribution >= 4 is 23.4 Å². The Hall–Kier alpha value is -2.49. The minimum atomic E-state index is -0.0218. The van der Waals surface area contributed by atoms with Crippen molar-refractivity contribution in [3.05, 3.63) is 54.5 Å². The van der Waals surface area contributed by atoms with Crippen LogP contribution in [0.2, 0.25) is 0 Å². The van der Waals surface area contributed by atoms with Crippen molar-refractivity contribution in [3.8, 4) is 0 Å². The van der Waals surface area contributed by atoms with Gasteiger partial charge in [0.15, 0.2) is 0 Å². The molecule has 0 saturated carbocycles. The molecule has 0 fully saturated rings. The number of benzene rings is 1. The van der Waals surface area contributed by atoms with Gasteiger partial charge in [0, 0.05) is 25.2 Å². The van der Waals surface area contributed by atoms with E-state index in [0.29, 0.717) is 18.3 Å². The summed E-state index contributed by atoms with van der Waals surface area (Å²) >= 11 is 0. The van der Waals surface area contributed by atoms with E-state index in [0.717, 1.165) is 17.9 Å². The van der Waals surface area contributed by atoms with Gasteiger partial charge in [-0.3, -0.25) is 4.79 Å². The second-order valence-electron chi connectivity index (χ2n) is 5.42. The van der Waals surface area contributed by atoms with Crippen LogP contribution < -0.4 is 9.80 Å². The molecule has 1 aliphatic heterocycles. The Kier molecular flexibility index (Phi) is 4.00. The highest BCUT2D eigenvalue weighted by Crippen LogP contribution is 2.35. The van der Waals surface area contributed by atoms with E-state index in [1.165, 1.54) is 0 Å². The molecule has 1 aromatic heterocycles. The summed E-state index contributed by atoms with van der Waals surface area (Å²) in [5.41, 5.74) is 2.08. The Balaban J connectivity index is 1.89. The summed E-state index contributed by atoms with van der Waals surface area (Å²) in [5.74, 6) is 0.660. The number of furan rings is 1. The highest BCUT2D eigenvalue weighted by molar-refractivity contribution is 6.06. The number of carbonyl (C=O) groups excluding carboxylic acids is 1. The first-order valence-electron chi connectivity index (χ1n) is 7.59. The van der Waals surface area contributed by atoms with Crippen LogP contribution in [0.15, 0.2) is 53.2 Å². The van der Waals surface area contributed by atoms with Gasteiger partial charge in [0.25, 0.3) is 5.91 Å². The fraction of sp³-hybridized carbons (Fsp3) is 0.278. The van der Waals surface area contributed by atoms with Crippen molar-refractivity contribution in [2.45, 2.75) is 19.9 Å². The van der Waals surface area contributed by atoms with Gasteiger partial charge in [0.1, 0.15) is 5.76 Å². The normalized spacial score (nSPS) is 17.8. The number of fused-ring (bicyclic) bond motifs is 1. The molecule has 1 atom stereocenters. The van der Waals surface area contributed by atoms with E-state index >= 15 is 0 Å². The number of para-hydroxylation sites is 2. The highest BCUT2D eigenvalue weighted by Gasteiger charge is 2.29. The van der Waals surface area contributed by atoms with Gasteiger partial charge in [-0.2, -0.15) is 0 Å². The number of hydrogen-bond donors (Lipinski definition) is 0. The molecule has 22 heavy (non-hydrogen) atoms. The van der Waals surface area contributed by atoms with E-state index in [4.69, 9.17) is 4.42 Å². The van der Waals surface area contributed by atoms with Crippen LogP contribution in [0, 0.1) is 0 Å². The topological polar surface area (TPSA) is 36.7 Å². The average Bonchev–Trinajstić information content (AvgIpc) is 3.05. The summed E-state index contributed by atoms with van der Waals surface area (Å²) in [7, 11) is 0.